The summed E-state index contributed by atoms with van der Waals surface area (Å²) in [6, 6.07) is 19.1. The van der Waals surface area contributed by atoms with E-state index in [2.05, 4.69) is 0 Å². The molecule has 0 spiro atoms. The number of anilines is 1. The molecule has 35 heavy (non-hydrogen) atoms. The highest BCUT2D eigenvalue weighted by molar-refractivity contribution is 6.51. The first-order valence-electron chi connectivity index (χ1n) is 11.5. The molecule has 6 nitrogen and oxygen atoms in total. The maximum Gasteiger partial charge on any atom is 0.300 e. The van der Waals surface area contributed by atoms with Crippen molar-refractivity contribution in [1.29, 1.82) is 0 Å². The van der Waals surface area contributed by atoms with Crippen LogP contribution in [0, 0.1) is 6.92 Å². The molecular weight excluding hydrogens is 442 g/mol. The predicted octanol–water partition coefficient (Wildman–Crippen LogP) is 5.76. The Morgan fingerprint density at radius 3 is 2.17 bits per heavy atom. The second-order valence-electron chi connectivity index (χ2n) is 8.84. The van der Waals surface area contributed by atoms with E-state index in [0.29, 0.717) is 28.3 Å². The van der Waals surface area contributed by atoms with Crippen LogP contribution in [0.5, 0.6) is 11.5 Å². The summed E-state index contributed by atoms with van der Waals surface area (Å²) in [5, 5.41) is 11.6. The van der Waals surface area contributed by atoms with Crippen LogP contribution in [0.4, 0.5) is 5.69 Å². The third-order valence-corrected chi connectivity index (χ3v) is 6.36. The normalized spacial score (nSPS) is 17.2. The number of carbonyl (C=O) groups excluding carboxylic acids is 2. The fourth-order valence-corrected chi connectivity index (χ4v) is 4.52. The molecule has 0 aromatic heterocycles. The maximum atomic E-state index is 13.4. The minimum Gasteiger partial charge on any atom is -0.507 e. The highest BCUT2D eigenvalue weighted by atomic mass is 16.5. The lowest BCUT2D eigenvalue weighted by atomic mass is 9.91. The highest BCUT2D eigenvalue weighted by Gasteiger charge is 2.47. The average Bonchev–Trinajstić information content (AvgIpc) is 3.14. The zero-order valence-corrected chi connectivity index (χ0v) is 20.5. The lowest BCUT2D eigenvalue weighted by Gasteiger charge is -2.26. The molecule has 4 rings (SSSR count). The van der Waals surface area contributed by atoms with Crippen LogP contribution in [-0.2, 0) is 9.59 Å². The second kappa shape index (κ2) is 9.66. The smallest absolute Gasteiger partial charge is 0.300 e. The molecule has 1 fully saturated rings. The quantitative estimate of drug-likeness (QED) is 0.281. The van der Waals surface area contributed by atoms with Crippen LogP contribution in [0.2, 0.25) is 0 Å². The van der Waals surface area contributed by atoms with Gasteiger partial charge in [-0.05, 0) is 65.9 Å². The number of hydrogen-bond acceptors (Lipinski definition) is 5. The first-order valence-corrected chi connectivity index (χ1v) is 11.5. The Morgan fingerprint density at radius 1 is 0.943 bits per heavy atom. The van der Waals surface area contributed by atoms with Gasteiger partial charge in [0.15, 0.2) is 0 Å². The Balaban J connectivity index is 1.97. The first kappa shape index (κ1) is 24.1. The highest BCUT2D eigenvalue weighted by Crippen LogP contribution is 2.43. The van der Waals surface area contributed by atoms with Gasteiger partial charge in [0.05, 0.1) is 25.8 Å². The molecule has 3 aromatic rings. The fraction of sp³-hybridized carbons (Fsp3) is 0.241. The summed E-state index contributed by atoms with van der Waals surface area (Å²) < 4.78 is 10.8. The van der Waals surface area contributed by atoms with Crippen molar-refractivity contribution in [2.75, 3.05) is 19.1 Å². The van der Waals surface area contributed by atoms with Crippen molar-refractivity contribution in [2.45, 2.75) is 32.7 Å². The molecule has 0 radical (unpaired) electrons. The number of carbonyl (C=O) groups is 2. The number of aryl methyl sites for hydroxylation is 1. The Kier molecular flexibility index (Phi) is 6.65. The number of Topliss-reactive ketones (excluding diaryl/α,β-unsaturated/α-hetero) is 1. The zero-order chi connectivity index (χ0) is 25.3. The van der Waals surface area contributed by atoms with Crippen LogP contribution >= 0.6 is 0 Å². The number of aliphatic hydroxyl groups excluding tert-OH is 1. The number of aliphatic hydroxyl groups is 1. The van der Waals surface area contributed by atoms with Crippen LogP contribution in [0.25, 0.3) is 5.76 Å². The number of rotatable bonds is 6. The molecule has 1 aliphatic heterocycles. The van der Waals surface area contributed by atoms with Crippen LogP contribution in [0.1, 0.15) is 48.1 Å². The summed E-state index contributed by atoms with van der Waals surface area (Å²) in [6.45, 7) is 5.91. The van der Waals surface area contributed by atoms with Crippen LogP contribution in [0.3, 0.4) is 0 Å². The number of benzene rings is 3. The molecule has 1 heterocycles. The van der Waals surface area contributed by atoms with E-state index in [1.807, 2.05) is 51.1 Å². The monoisotopic (exact) mass is 471 g/mol. The SMILES string of the molecule is COc1ccc(C2/C(=C(\O)c3cc(C(C)C)c(OC)cc3C)C(=O)C(=O)N2c2ccccc2)cc1. The molecule has 1 atom stereocenters. The molecule has 1 N–H and O–H groups in total. The number of nitrogens with zero attached hydrogens (tertiary/aromatic N) is 1. The van der Waals surface area contributed by atoms with Crippen molar-refractivity contribution < 1.29 is 24.2 Å². The van der Waals surface area contributed by atoms with Gasteiger partial charge in [0, 0.05) is 11.3 Å². The van der Waals surface area contributed by atoms with Crippen LogP contribution in [-0.4, -0.2) is 31.0 Å². The molecule has 0 saturated carbocycles. The van der Waals surface area contributed by atoms with Gasteiger partial charge in [-0.3, -0.25) is 14.5 Å². The largest absolute Gasteiger partial charge is 0.507 e. The Hall–Kier alpha value is -4.06. The van der Waals surface area contributed by atoms with Gasteiger partial charge in [0.1, 0.15) is 17.3 Å². The Bertz CT molecular complexity index is 1290. The topological polar surface area (TPSA) is 76.1 Å². The molecule has 1 unspecified atom stereocenters. The molecule has 6 heteroatoms. The van der Waals surface area contributed by atoms with Crippen molar-refractivity contribution in [3.63, 3.8) is 0 Å². The van der Waals surface area contributed by atoms with Crippen molar-refractivity contribution in [3.8, 4) is 11.5 Å². The van der Waals surface area contributed by atoms with Crippen molar-refractivity contribution >= 4 is 23.1 Å². The van der Waals surface area contributed by atoms with Crippen molar-refractivity contribution in [1.82, 2.24) is 0 Å². The van der Waals surface area contributed by atoms with Crippen LogP contribution < -0.4 is 14.4 Å². The molecule has 0 bridgehead atoms. The Labute approximate surface area is 205 Å². The summed E-state index contributed by atoms with van der Waals surface area (Å²) >= 11 is 0. The molecule has 1 aliphatic rings. The number of hydrogen-bond donors (Lipinski definition) is 1. The number of ketones is 1. The number of methoxy groups -OCH3 is 2. The summed E-state index contributed by atoms with van der Waals surface area (Å²) in [6.07, 6.45) is 0. The molecule has 1 saturated heterocycles. The van der Waals surface area contributed by atoms with E-state index in [0.717, 1.165) is 11.1 Å². The van der Waals surface area contributed by atoms with Gasteiger partial charge >= 0.3 is 0 Å². The Morgan fingerprint density at radius 2 is 1.60 bits per heavy atom. The van der Waals surface area contributed by atoms with E-state index >= 15 is 0 Å². The molecule has 0 aliphatic carbocycles. The summed E-state index contributed by atoms with van der Waals surface area (Å²) in [4.78, 5) is 28.2. The van der Waals surface area contributed by atoms with Crippen molar-refractivity contribution in [2.24, 2.45) is 0 Å². The first-order chi connectivity index (χ1) is 16.8. The standard InChI is InChI=1S/C29H29NO5/c1-17(2)22-16-23(18(3)15-24(22)35-5)27(31)25-26(19-11-13-21(34-4)14-12-19)30(29(33)28(25)32)20-9-7-6-8-10-20/h6-17,26,31H,1-5H3/b27-25+. The lowest BCUT2D eigenvalue weighted by molar-refractivity contribution is -0.132. The summed E-state index contributed by atoms with van der Waals surface area (Å²) in [7, 11) is 3.18. The van der Waals surface area contributed by atoms with Gasteiger partial charge in [-0.1, -0.05) is 44.2 Å². The van der Waals surface area contributed by atoms with E-state index in [1.165, 1.54) is 4.90 Å². The van der Waals surface area contributed by atoms with Gasteiger partial charge in [-0.2, -0.15) is 0 Å². The van der Waals surface area contributed by atoms with E-state index in [9.17, 15) is 14.7 Å². The summed E-state index contributed by atoms with van der Waals surface area (Å²) in [5.41, 5.74) is 3.45. The molecule has 1 amide bonds. The maximum absolute atomic E-state index is 13.4. The molecule has 180 valence electrons. The second-order valence-corrected chi connectivity index (χ2v) is 8.84. The zero-order valence-electron chi connectivity index (χ0n) is 20.5. The van der Waals surface area contributed by atoms with E-state index < -0.39 is 17.7 Å². The third-order valence-electron chi connectivity index (χ3n) is 6.36. The predicted molar refractivity (Wildman–Crippen MR) is 136 cm³/mol. The van der Waals surface area contributed by atoms with E-state index in [4.69, 9.17) is 9.47 Å². The van der Waals surface area contributed by atoms with E-state index in [1.54, 1.807) is 50.6 Å². The third kappa shape index (κ3) is 4.28. The lowest BCUT2D eigenvalue weighted by Crippen LogP contribution is -2.29. The van der Waals surface area contributed by atoms with Gasteiger partial charge < -0.3 is 14.6 Å². The summed E-state index contributed by atoms with van der Waals surface area (Å²) in [5.74, 6) is -0.128. The molecule has 3 aromatic carbocycles. The number of ether oxygens (including phenoxy) is 2. The minimum atomic E-state index is -0.799. The van der Waals surface area contributed by atoms with E-state index in [-0.39, 0.29) is 17.3 Å². The average molecular weight is 472 g/mol. The molecular formula is C29H29NO5. The number of para-hydroxylation sites is 1. The van der Waals surface area contributed by atoms with Gasteiger partial charge in [0.25, 0.3) is 11.7 Å². The van der Waals surface area contributed by atoms with Gasteiger partial charge in [0.2, 0.25) is 0 Å². The van der Waals surface area contributed by atoms with Gasteiger partial charge in [-0.25, -0.2) is 0 Å². The van der Waals surface area contributed by atoms with Crippen LogP contribution in [0.15, 0.2) is 72.3 Å². The number of amides is 1. The van der Waals surface area contributed by atoms with Gasteiger partial charge in [-0.15, -0.1) is 0 Å². The minimum absolute atomic E-state index is 0.0481. The fourth-order valence-electron chi connectivity index (χ4n) is 4.52. The van der Waals surface area contributed by atoms with Crippen molar-refractivity contribution in [3.05, 3.63) is 94.6 Å².